The summed E-state index contributed by atoms with van der Waals surface area (Å²) in [6.45, 7) is -0.406. The second-order valence-electron chi connectivity index (χ2n) is 2.17. The maximum Gasteiger partial charge on any atom is 0.322 e. The van der Waals surface area contributed by atoms with Crippen LogP contribution in [0.1, 0.15) is 10.4 Å². The number of aromatic amines is 1. The van der Waals surface area contributed by atoms with Crippen molar-refractivity contribution in [3.8, 4) is 0 Å². The van der Waals surface area contributed by atoms with E-state index in [0.29, 0.717) is 4.60 Å². The Kier molecular flexibility index (Phi) is 3.02. The molecule has 0 saturated carbocycles. The van der Waals surface area contributed by atoms with E-state index in [9.17, 15) is 9.59 Å². The second-order valence-corrected chi connectivity index (χ2v) is 2.97. The van der Waals surface area contributed by atoms with Gasteiger partial charge in [0.15, 0.2) is 0 Å². The van der Waals surface area contributed by atoms with E-state index >= 15 is 0 Å². The molecular formula is C6H6BrN3O3. The Bertz CT molecular complexity index is 336. The average molecular weight is 248 g/mol. The van der Waals surface area contributed by atoms with E-state index in [0.717, 1.165) is 0 Å². The number of H-pyrrole nitrogens is 1. The van der Waals surface area contributed by atoms with E-state index in [-0.39, 0.29) is 5.56 Å². The molecule has 0 aliphatic carbocycles. The van der Waals surface area contributed by atoms with Gasteiger partial charge in [-0.3, -0.25) is 14.7 Å². The Labute approximate surface area is 81.5 Å². The predicted octanol–water partition coefficient (Wildman–Crippen LogP) is -0.0134. The normalized spacial score (nSPS) is 9.62. The average Bonchev–Trinajstić information content (AvgIpc) is 2.47. The van der Waals surface area contributed by atoms with Gasteiger partial charge in [0.2, 0.25) is 0 Å². The minimum absolute atomic E-state index is 0.279. The smallest absolute Gasteiger partial charge is 0.322 e. The van der Waals surface area contributed by atoms with Crippen molar-refractivity contribution in [3.05, 3.63) is 16.4 Å². The van der Waals surface area contributed by atoms with Crippen molar-refractivity contribution in [2.45, 2.75) is 0 Å². The van der Waals surface area contributed by atoms with E-state index in [2.05, 4.69) is 31.4 Å². The Hall–Kier alpha value is -1.37. The number of aliphatic carboxylic acids is 1. The number of nitrogens with one attached hydrogen (secondary N) is 2. The molecule has 0 unspecified atom stereocenters. The lowest BCUT2D eigenvalue weighted by molar-refractivity contribution is -0.135. The summed E-state index contributed by atoms with van der Waals surface area (Å²) in [5, 5.41) is 16.6. The molecule has 3 N–H and O–H groups in total. The van der Waals surface area contributed by atoms with Crippen molar-refractivity contribution in [1.82, 2.24) is 15.5 Å². The van der Waals surface area contributed by atoms with Crippen LogP contribution in [-0.4, -0.2) is 33.7 Å². The first kappa shape index (κ1) is 9.72. The molecule has 1 heterocycles. The van der Waals surface area contributed by atoms with Gasteiger partial charge in [0.05, 0.1) is 11.8 Å². The number of hydrogen-bond acceptors (Lipinski definition) is 3. The maximum absolute atomic E-state index is 11.2. The van der Waals surface area contributed by atoms with E-state index in [4.69, 9.17) is 5.11 Å². The highest BCUT2D eigenvalue weighted by Crippen LogP contribution is 2.10. The fourth-order valence-electron chi connectivity index (χ4n) is 0.680. The van der Waals surface area contributed by atoms with Gasteiger partial charge in [-0.15, -0.1) is 0 Å². The quantitative estimate of drug-likeness (QED) is 0.700. The monoisotopic (exact) mass is 247 g/mol. The van der Waals surface area contributed by atoms with E-state index < -0.39 is 18.4 Å². The van der Waals surface area contributed by atoms with Crippen LogP contribution in [0.25, 0.3) is 0 Å². The molecule has 0 aliphatic heterocycles. The first-order valence-corrected chi connectivity index (χ1v) is 4.09. The fraction of sp³-hybridized carbons (Fsp3) is 0.167. The van der Waals surface area contributed by atoms with E-state index in [1.54, 1.807) is 0 Å². The molecule has 0 fully saturated rings. The van der Waals surface area contributed by atoms with Gasteiger partial charge in [-0.1, -0.05) is 0 Å². The third-order valence-corrected chi connectivity index (χ3v) is 1.84. The summed E-state index contributed by atoms with van der Waals surface area (Å²) in [7, 11) is 0. The number of halogens is 1. The van der Waals surface area contributed by atoms with E-state index in [1.807, 2.05) is 0 Å². The van der Waals surface area contributed by atoms with Crippen LogP contribution in [0.15, 0.2) is 10.8 Å². The third-order valence-electron chi connectivity index (χ3n) is 1.24. The summed E-state index contributed by atoms with van der Waals surface area (Å²) in [5.41, 5.74) is 0.279. The molecular weight excluding hydrogens is 242 g/mol. The molecule has 7 heteroatoms. The molecule has 1 aromatic rings. The number of carbonyl (C=O) groups excluding carboxylic acids is 1. The molecule has 0 atom stereocenters. The molecule has 6 nitrogen and oxygen atoms in total. The number of amides is 1. The van der Waals surface area contributed by atoms with Gasteiger partial charge in [0, 0.05) is 0 Å². The Morgan fingerprint density at radius 2 is 2.38 bits per heavy atom. The molecule has 1 amide bonds. The van der Waals surface area contributed by atoms with Crippen LogP contribution in [0.3, 0.4) is 0 Å². The van der Waals surface area contributed by atoms with Crippen LogP contribution in [0.5, 0.6) is 0 Å². The Balaban J connectivity index is 2.59. The highest BCUT2D eigenvalue weighted by atomic mass is 79.9. The van der Waals surface area contributed by atoms with Gasteiger partial charge in [0.25, 0.3) is 5.91 Å². The summed E-state index contributed by atoms with van der Waals surface area (Å²) in [5.74, 6) is -1.57. The Morgan fingerprint density at radius 3 is 2.85 bits per heavy atom. The molecule has 70 valence electrons. The van der Waals surface area contributed by atoms with Crippen molar-refractivity contribution in [2.75, 3.05) is 6.54 Å². The fourth-order valence-corrected chi connectivity index (χ4v) is 1.06. The molecule has 0 radical (unpaired) electrons. The van der Waals surface area contributed by atoms with Crippen molar-refractivity contribution in [2.24, 2.45) is 0 Å². The molecule has 0 aliphatic rings. The molecule has 0 aromatic carbocycles. The van der Waals surface area contributed by atoms with Crippen molar-refractivity contribution in [1.29, 1.82) is 0 Å². The second kappa shape index (κ2) is 4.04. The summed E-state index contributed by atoms with van der Waals surface area (Å²) in [6.07, 6.45) is 1.31. The van der Waals surface area contributed by atoms with Gasteiger partial charge < -0.3 is 10.4 Å². The number of carboxylic acid groups (broad SMARTS) is 1. The van der Waals surface area contributed by atoms with Crippen LogP contribution >= 0.6 is 15.9 Å². The molecule has 1 aromatic heterocycles. The van der Waals surface area contributed by atoms with Crippen LogP contribution < -0.4 is 5.32 Å². The van der Waals surface area contributed by atoms with Crippen molar-refractivity contribution < 1.29 is 14.7 Å². The maximum atomic E-state index is 11.2. The van der Waals surface area contributed by atoms with Gasteiger partial charge in [-0.2, -0.15) is 5.10 Å². The number of aromatic nitrogens is 2. The number of rotatable bonds is 3. The lowest BCUT2D eigenvalue weighted by Crippen LogP contribution is -2.29. The summed E-state index contributed by atoms with van der Waals surface area (Å²) in [6, 6.07) is 0. The van der Waals surface area contributed by atoms with Crippen LogP contribution in [0.4, 0.5) is 0 Å². The first-order valence-electron chi connectivity index (χ1n) is 3.30. The SMILES string of the molecule is O=C(O)CNC(=O)c1cn[nH]c1Br. The highest BCUT2D eigenvalue weighted by molar-refractivity contribution is 9.10. The number of carbonyl (C=O) groups is 2. The molecule has 0 saturated heterocycles. The van der Waals surface area contributed by atoms with Gasteiger partial charge >= 0.3 is 5.97 Å². The number of carboxylic acids is 1. The molecule has 13 heavy (non-hydrogen) atoms. The summed E-state index contributed by atoms with van der Waals surface area (Å²) >= 11 is 3.05. The molecule has 0 spiro atoms. The van der Waals surface area contributed by atoms with Crippen molar-refractivity contribution in [3.63, 3.8) is 0 Å². The van der Waals surface area contributed by atoms with Gasteiger partial charge in [0.1, 0.15) is 11.1 Å². The first-order chi connectivity index (χ1) is 6.11. The third kappa shape index (κ3) is 2.55. The van der Waals surface area contributed by atoms with Crippen LogP contribution in [0.2, 0.25) is 0 Å². The highest BCUT2D eigenvalue weighted by Gasteiger charge is 2.11. The topological polar surface area (TPSA) is 95.1 Å². The largest absolute Gasteiger partial charge is 0.480 e. The minimum atomic E-state index is -1.09. The Morgan fingerprint density at radius 1 is 1.69 bits per heavy atom. The number of nitrogens with zero attached hydrogens (tertiary/aromatic N) is 1. The van der Waals surface area contributed by atoms with Crippen molar-refractivity contribution >= 4 is 27.8 Å². The van der Waals surface area contributed by atoms with Gasteiger partial charge in [-0.25, -0.2) is 0 Å². The zero-order chi connectivity index (χ0) is 9.84. The standard InChI is InChI=1S/C6H6BrN3O3/c7-5-3(1-9-10-5)6(13)8-2-4(11)12/h1H,2H2,(H,8,13)(H,9,10)(H,11,12). The van der Waals surface area contributed by atoms with Crippen LogP contribution in [-0.2, 0) is 4.79 Å². The minimum Gasteiger partial charge on any atom is -0.480 e. The van der Waals surface area contributed by atoms with Gasteiger partial charge in [-0.05, 0) is 15.9 Å². The predicted molar refractivity (Wildman–Crippen MR) is 46.3 cm³/mol. The summed E-state index contributed by atoms with van der Waals surface area (Å²) < 4.78 is 0.426. The zero-order valence-electron chi connectivity index (χ0n) is 6.37. The summed E-state index contributed by atoms with van der Waals surface area (Å²) in [4.78, 5) is 21.3. The molecule has 0 bridgehead atoms. The lowest BCUT2D eigenvalue weighted by atomic mass is 10.3. The number of hydrogen-bond donors (Lipinski definition) is 3. The van der Waals surface area contributed by atoms with Crippen LogP contribution in [0, 0.1) is 0 Å². The lowest BCUT2D eigenvalue weighted by Gasteiger charge is -1.98. The zero-order valence-corrected chi connectivity index (χ0v) is 7.96. The van der Waals surface area contributed by atoms with E-state index in [1.165, 1.54) is 6.20 Å². The molecule has 1 rings (SSSR count).